The van der Waals surface area contributed by atoms with Crippen LogP contribution in [0.3, 0.4) is 0 Å². The molecule has 0 saturated carbocycles. The molecule has 1 heterocycles. The molecule has 1 aromatic heterocycles. The summed E-state index contributed by atoms with van der Waals surface area (Å²) >= 11 is 0. The Labute approximate surface area is 122 Å². The van der Waals surface area contributed by atoms with Gasteiger partial charge in [-0.1, -0.05) is 54.5 Å². The van der Waals surface area contributed by atoms with Gasteiger partial charge in [-0.2, -0.15) is 0 Å². The monoisotopic (exact) mass is 282 g/mol. The van der Waals surface area contributed by atoms with E-state index in [1.165, 1.54) is 6.07 Å². The van der Waals surface area contributed by atoms with Gasteiger partial charge in [0.2, 0.25) is 5.88 Å². The highest BCUT2D eigenvalue weighted by atomic mass is 19.1. The minimum Gasteiger partial charge on any atom is -0.367 e. The highest BCUT2D eigenvalue weighted by molar-refractivity contribution is 5.88. The van der Waals surface area contributed by atoms with Gasteiger partial charge in [-0.3, -0.25) is 0 Å². The number of benzene rings is 2. The van der Waals surface area contributed by atoms with Crippen molar-refractivity contribution in [3.05, 3.63) is 59.9 Å². The van der Waals surface area contributed by atoms with E-state index in [0.717, 1.165) is 17.5 Å². The number of anilines is 1. The van der Waals surface area contributed by atoms with E-state index in [-0.39, 0.29) is 11.7 Å². The van der Waals surface area contributed by atoms with Crippen LogP contribution < -0.4 is 5.73 Å². The number of hydrogen-bond acceptors (Lipinski definition) is 3. The second-order valence-electron chi connectivity index (χ2n) is 4.76. The summed E-state index contributed by atoms with van der Waals surface area (Å²) < 4.78 is 19.2. The zero-order valence-corrected chi connectivity index (χ0v) is 11.6. The van der Waals surface area contributed by atoms with Gasteiger partial charge < -0.3 is 10.3 Å². The van der Waals surface area contributed by atoms with Crippen LogP contribution in [0.25, 0.3) is 22.4 Å². The maximum atomic E-state index is 14.1. The van der Waals surface area contributed by atoms with Gasteiger partial charge in [0.05, 0.1) is 5.56 Å². The first-order valence-corrected chi connectivity index (χ1v) is 6.80. The molecule has 0 fully saturated rings. The predicted molar refractivity (Wildman–Crippen MR) is 81.1 cm³/mol. The Kier molecular flexibility index (Phi) is 3.44. The van der Waals surface area contributed by atoms with Crippen molar-refractivity contribution in [3.8, 4) is 22.4 Å². The van der Waals surface area contributed by atoms with Gasteiger partial charge in [-0.05, 0) is 18.1 Å². The number of halogens is 1. The minimum atomic E-state index is -0.345. The molecule has 3 rings (SSSR count). The first-order chi connectivity index (χ1) is 10.2. The average molecular weight is 282 g/mol. The molecule has 0 aliphatic heterocycles. The summed E-state index contributed by atoms with van der Waals surface area (Å²) in [6, 6.07) is 14.3. The molecule has 3 aromatic rings. The van der Waals surface area contributed by atoms with Crippen LogP contribution in [0.5, 0.6) is 0 Å². The maximum absolute atomic E-state index is 14.1. The Hall–Kier alpha value is -2.62. The van der Waals surface area contributed by atoms with Crippen molar-refractivity contribution < 1.29 is 8.91 Å². The van der Waals surface area contributed by atoms with Gasteiger partial charge in [0, 0.05) is 11.1 Å². The first kappa shape index (κ1) is 13.4. The number of nitrogens with two attached hydrogens (primary N) is 1. The van der Waals surface area contributed by atoms with E-state index in [9.17, 15) is 4.39 Å². The molecule has 21 heavy (non-hydrogen) atoms. The number of aromatic nitrogens is 1. The molecule has 3 nitrogen and oxygen atoms in total. The van der Waals surface area contributed by atoms with Gasteiger partial charge >= 0.3 is 0 Å². The van der Waals surface area contributed by atoms with E-state index in [0.29, 0.717) is 16.8 Å². The van der Waals surface area contributed by atoms with E-state index < -0.39 is 0 Å². The predicted octanol–water partition coefficient (Wildman–Crippen LogP) is 4.29. The fraction of sp³-hybridized carbons (Fsp3) is 0.118. The Bertz CT molecular complexity index is 780. The fourth-order valence-corrected chi connectivity index (χ4v) is 2.47. The van der Waals surface area contributed by atoms with Gasteiger partial charge in [-0.15, -0.1) is 0 Å². The summed E-state index contributed by atoms with van der Waals surface area (Å²) in [6.45, 7) is 2.06. The summed E-state index contributed by atoms with van der Waals surface area (Å²) in [4.78, 5) is 0. The van der Waals surface area contributed by atoms with E-state index >= 15 is 0 Å². The smallest absolute Gasteiger partial charge is 0.230 e. The molecule has 0 aliphatic rings. The van der Waals surface area contributed by atoms with Crippen LogP contribution >= 0.6 is 0 Å². The quantitative estimate of drug-likeness (QED) is 0.779. The lowest BCUT2D eigenvalue weighted by Crippen LogP contribution is -1.93. The second kappa shape index (κ2) is 5.40. The fourth-order valence-electron chi connectivity index (χ4n) is 2.47. The molecule has 4 heteroatoms. The third-order valence-corrected chi connectivity index (χ3v) is 3.52. The standard InChI is InChI=1S/C17H15FN2O/c1-2-11-7-3-4-8-12(11)16-15(17(19)21-20-16)13-9-5-6-10-14(13)18/h3-10H,2,19H2,1H3. The third kappa shape index (κ3) is 2.29. The molecule has 0 aliphatic carbocycles. The van der Waals surface area contributed by atoms with E-state index in [1.807, 2.05) is 24.3 Å². The molecule has 0 radical (unpaired) electrons. The molecule has 0 atom stereocenters. The molecule has 0 amide bonds. The third-order valence-electron chi connectivity index (χ3n) is 3.52. The SMILES string of the molecule is CCc1ccccc1-c1noc(N)c1-c1ccccc1F. The maximum Gasteiger partial charge on any atom is 0.230 e. The van der Waals surface area contributed by atoms with E-state index in [1.54, 1.807) is 18.2 Å². The van der Waals surface area contributed by atoms with Crippen molar-refractivity contribution in [1.29, 1.82) is 0 Å². The van der Waals surface area contributed by atoms with Crippen molar-refractivity contribution >= 4 is 5.88 Å². The van der Waals surface area contributed by atoms with Crippen molar-refractivity contribution in [2.24, 2.45) is 0 Å². The highest BCUT2D eigenvalue weighted by Gasteiger charge is 2.21. The lowest BCUT2D eigenvalue weighted by atomic mass is 9.96. The molecule has 0 spiro atoms. The molecule has 2 N–H and O–H groups in total. The molecule has 0 bridgehead atoms. The van der Waals surface area contributed by atoms with Crippen LogP contribution in [0.15, 0.2) is 53.1 Å². The number of hydrogen-bond donors (Lipinski definition) is 1. The minimum absolute atomic E-state index is 0.126. The van der Waals surface area contributed by atoms with Crippen LogP contribution in [0.2, 0.25) is 0 Å². The summed E-state index contributed by atoms with van der Waals surface area (Å²) in [5, 5.41) is 4.05. The van der Waals surface area contributed by atoms with Crippen LogP contribution in [0.4, 0.5) is 10.3 Å². The van der Waals surface area contributed by atoms with Crippen molar-refractivity contribution in [1.82, 2.24) is 5.16 Å². The van der Waals surface area contributed by atoms with Crippen LogP contribution in [0, 0.1) is 5.82 Å². The van der Waals surface area contributed by atoms with Crippen LogP contribution in [0.1, 0.15) is 12.5 Å². The highest BCUT2D eigenvalue weighted by Crippen LogP contribution is 2.38. The molecule has 106 valence electrons. The normalized spacial score (nSPS) is 10.8. The molecule has 2 aromatic carbocycles. The van der Waals surface area contributed by atoms with Gasteiger partial charge in [-0.25, -0.2) is 4.39 Å². The van der Waals surface area contributed by atoms with Crippen LogP contribution in [-0.2, 0) is 6.42 Å². The number of aryl methyl sites for hydroxylation is 1. The summed E-state index contributed by atoms with van der Waals surface area (Å²) in [7, 11) is 0. The Morgan fingerprint density at radius 3 is 2.43 bits per heavy atom. The average Bonchev–Trinajstić information content (AvgIpc) is 2.89. The lowest BCUT2D eigenvalue weighted by Gasteiger charge is -2.07. The van der Waals surface area contributed by atoms with Gasteiger partial charge in [0.15, 0.2) is 0 Å². The number of rotatable bonds is 3. The number of nitrogen functional groups attached to an aromatic ring is 1. The molecule has 0 unspecified atom stereocenters. The van der Waals surface area contributed by atoms with Crippen molar-refractivity contribution in [2.45, 2.75) is 13.3 Å². The van der Waals surface area contributed by atoms with Crippen molar-refractivity contribution in [2.75, 3.05) is 5.73 Å². The molecular formula is C17H15FN2O. The second-order valence-corrected chi connectivity index (χ2v) is 4.76. The van der Waals surface area contributed by atoms with E-state index in [2.05, 4.69) is 12.1 Å². The lowest BCUT2D eigenvalue weighted by molar-refractivity contribution is 0.439. The first-order valence-electron chi connectivity index (χ1n) is 6.80. The summed E-state index contributed by atoms with van der Waals surface area (Å²) in [5.74, 6) is -0.219. The summed E-state index contributed by atoms with van der Waals surface area (Å²) in [5.41, 5.74) is 9.39. The number of nitrogens with zero attached hydrogens (tertiary/aromatic N) is 1. The van der Waals surface area contributed by atoms with E-state index in [4.69, 9.17) is 10.3 Å². The Morgan fingerprint density at radius 1 is 1.05 bits per heavy atom. The largest absolute Gasteiger partial charge is 0.367 e. The van der Waals surface area contributed by atoms with Crippen molar-refractivity contribution in [3.63, 3.8) is 0 Å². The summed E-state index contributed by atoms with van der Waals surface area (Å²) in [6.07, 6.45) is 0.847. The molecular weight excluding hydrogens is 267 g/mol. The van der Waals surface area contributed by atoms with Gasteiger partial charge in [0.1, 0.15) is 11.5 Å². The Balaban J connectivity index is 2.25. The van der Waals surface area contributed by atoms with Gasteiger partial charge in [0.25, 0.3) is 0 Å². The zero-order valence-electron chi connectivity index (χ0n) is 11.6. The zero-order chi connectivity index (χ0) is 14.8. The Morgan fingerprint density at radius 2 is 1.71 bits per heavy atom. The topological polar surface area (TPSA) is 52.0 Å². The molecule has 0 saturated heterocycles. The van der Waals surface area contributed by atoms with Crippen LogP contribution in [-0.4, -0.2) is 5.16 Å².